The molecule has 1 heterocycles. The van der Waals surface area contributed by atoms with Crippen LogP contribution in [0.1, 0.15) is 76.1 Å². The van der Waals surface area contributed by atoms with Gasteiger partial charge in [-0.1, -0.05) is 76.1 Å². The van der Waals surface area contributed by atoms with Crippen LogP contribution in [0, 0.1) is 0 Å². The molecule has 1 aromatic heterocycles. The summed E-state index contributed by atoms with van der Waals surface area (Å²) in [7, 11) is 0. The number of aromatic amines is 1. The lowest BCUT2D eigenvalue weighted by Gasteiger charge is -2.04. The van der Waals surface area contributed by atoms with Crippen molar-refractivity contribution in [1.82, 2.24) is 9.97 Å². The van der Waals surface area contributed by atoms with E-state index in [0.29, 0.717) is 6.54 Å². The van der Waals surface area contributed by atoms with Gasteiger partial charge in [-0.3, -0.25) is 0 Å². The molecule has 2 rings (SSSR count). The first-order valence-corrected chi connectivity index (χ1v) is 10.2. The fourth-order valence-electron chi connectivity index (χ4n) is 3.22. The first-order valence-electron chi connectivity index (χ1n) is 10.2. The molecular weight excluding hydrogens is 306 g/mol. The lowest BCUT2D eigenvalue weighted by atomic mass is 10.0. The number of rotatable bonds is 13. The van der Waals surface area contributed by atoms with Crippen LogP contribution in [0.4, 0.5) is 0 Å². The second-order valence-corrected chi connectivity index (χ2v) is 7.06. The Kier molecular flexibility index (Phi) is 9.35. The lowest BCUT2D eigenvalue weighted by molar-refractivity contribution is 0.575. The van der Waals surface area contributed by atoms with Gasteiger partial charge >= 0.3 is 0 Å². The van der Waals surface area contributed by atoms with Gasteiger partial charge in [0.2, 0.25) is 0 Å². The molecule has 3 N–H and O–H groups in total. The molecule has 0 unspecified atom stereocenters. The summed E-state index contributed by atoms with van der Waals surface area (Å²) in [4.78, 5) is 7.84. The van der Waals surface area contributed by atoms with Crippen LogP contribution in [0.2, 0.25) is 0 Å². The molecule has 3 heteroatoms. The van der Waals surface area contributed by atoms with Crippen molar-refractivity contribution in [2.75, 3.05) is 6.54 Å². The first kappa shape index (κ1) is 19.7. The zero-order valence-corrected chi connectivity index (χ0v) is 15.9. The molecule has 138 valence electrons. The van der Waals surface area contributed by atoms with Crippen LogP contribution < -0.4 is 5.73 Å². The van der Waals surface area contributed by atoms with E-state index in [2.05, 4.69) is 41.2 Å². The van der Waals surface area contributed by atoms with Crippen LogP contribution in [0.25, 0.3) is 11.3 Å². The zero-order chi connectivity index (χ0) is 17.7. The Labute approximate surface area is 153 Å². The number of nitrogens with one attached hydrogen (secondary N) is 1. The van der Waals surface area contributed by atoms with Gasteiger partial charge in [0, 0.05) is 6.42 Å². The number of H-pyrrole nitrogens is 1. The first-order chi connectivity index (χ1) is 12.3. The number of nitrogens with two attached hydrogens (primary N) is 1. The van der Waals surface area contributed by atoms with E-state index in [1.165, 1.54) is 68.9 Å². The van der Waals surface area contributed by atoms with Gasteiger partial charge in [-0.25, -0.2) is 4.98 Å². The Morgan fingerprint density at radius 3 is 2.20 bits per heavy atom. The van der Waals surface area contributed by atoms with Crippen molar-refractivity contribution in [3.8, 4) is 11.3 Å². The van der Waals surface area contributed by atoms with Crippen LogP contribution in [0.3, 0.4) is 0 Å². The predicted octanol–water partition coefficient (Wildman–Crippen LogP) is 5.65. The number of hydrogen-bond donors (Lipinski definition) is 2. The fraction of sp³-hybridized carbons (Fsp3) is 0.591. The molecule has 3 nitrogen and oxygen atoms in total. The number of nitrogens with zero attached hydrogens (tertiary/aromatic N) is 1. The molecular formula is C22H35N3. The summed E-state index contributed by atoms with van der Waals surface area (Å²) in [5, 5.41) is 0. The number of benzene rings is 1. The van der Waals surface area contributed by atoms with E-state index in [9.17, 15) is 0 Å². The molecule has 0 saturated carbocycles. The second-order valence-electron chi connectivity index (χ2n) is 7.06. The van der Waals surface area contributed by atoms with Crippen molar-refractivity contribution in [3.63, 3.8) is 0 Å². The highest BCUT2D eigenvalue weighted by atomic mass is 14.9. The molecule has 0 aliphatic rings. The van der Waals surface area contributed by atoms with Crippen LogP contribution in [0.15, 0.2) is 30.5 Å². The molecule has 0 amide bonds. The monoisotopic (exact) mass is 341 g/mol. The SMILES string of the molecule is CCCCCCCCCCc1ccc(-c2cnc(CCCN)[nH]2)cc1. The van der Waals surface area contributed by atoms with Gasteiger partial charge in [-0.15, -0.1) is 0 Å². The summed E-state index contributed by atoms with van der Waals surface area (Å²) in [6, 6.07) is 8.94. The Balaban J connectivity index is 1.68. The van der Waals surface area contributed by atoms with E-state index < -0.39 is 0 Å². The molecule has 1 aromatic carbocycles. The highest BCUT2D eigenvalue weighted by molar-refractivity contribution is 5.58. The number of aryl methyl sites for hydroxylation is 2. The molecule has 0 aliphatic heterocycles. The number of unbranched alkanes of at least 4 members (excludes halogenated alkanes) is 7. The lowest BCUT2D eigenvalue weighted by Crippen LogP contribution is -2.01. The standard InChI is InChI=1S/C22H35N3/c1-2-3-4-5-6-7-8-9-11-19-13-15-20(16-14-19)21-18-24-22(25-21)12-10-17-23/h13-16,18H,2-12,17,23H2,1H3,(H,24,25). The minimum atomic E-state index is 0.712. The average molecular weight is 342 g/mol. The van der Waals surface area contributed by atoms with E-state index in [1.54, 1.807) is 0 Å². The quantitative estimate of drug-likeness (QED) is 0.462. The van der Waals surface area contributed by atoms with Crippen molar-refractivity contribution in [3.05, 3.63) is 41.9 Å². The topological polar surface area (TPSA) is 54.7 Å². The summed E-state index contributed by atoms with van der Waals surface area (Å²) in [5.74, 6) is 1.03. The Morgan fingerprint density at radius 1 is 0.840 bits per heavy atom. The van der Waals surface area contributed by atoms with Crippen LogP contribution >= 0.6 is 0 Å². The average Bonchev–Trinajstić information content (AvgIpc) is 3.11. The van der Waals surface area contributed by atoms with Gasteiger partial charge in [-0.2, -0.15) is 0 Å². The van der Waals surface area contributed by atoms with Gasteiger partial charge in [0.15, 0.2) is 0 Å². The van der Waals surface area contributed by atoms with Gasteiger partial charge in [-0.05, 0) is 36.9 Å². The molecule has 0 bridgehead atoms. The van der Waals surface area contributed by atoms with Crippen molar-refractivity contribution < 1.29 is 0 Å². The largest absolute Gasteiger partial charge is 0.342 e. The number of hydrogen-bond acceptors (Lipinski definition) is 2. The normalized spacial score (nSPS) is 11.1. The molecule has 0 radical (unpaired) electrons. The minimum absolute atomic E-state index is 0.712. The van der Waals surface area contributed by atoms with Crippen molar-refractivity contribution in [2.45, 2.75) is 77.6 Å². The third-order valence-corrected chi connectivity index (χ3v) is 4.83. The van der Waals surface area contributed by atoms with E-state index in [0.717, 1.165) is 24.4 Å². The maximum Gasteiger partial charge on any atom is 0.106 e. The van der Waals surface area contributed by atoms with Crippen LogP contribution in [-0.4, -0.2) is 16.5 Å². The Hall–Kier alpha value is -1.61. The molecule has 0 spiro atoms. The molecule has 0 fully saturated rings. The van der Waals surface area contributed by atoms with Gasteiger partial charge in [0.1, 0.15) is 5.82 Å². The Morgan fingerprint density at radius 2 is 1.52 bits per heavy atom. The maximum atomic E-state index is 5.56. The molecule has 0 atom stereocenters. The smallest absolute Gasteiger partial charge is 0.106 e. The third-order valence-electron chi connectivity index (χ3n) is 4.83. The minimum Gasteiger partial charge on any atom is -0.342 e. The maximum absolute atomic E-state index is 5.56. The molecule has 0 aliphatic carbocycles. The van der Waals surface area contributed by atoms with Gasteiger partial charge < -0.3 is 10.7 Å². The summed E-state index contributed by atoms with van der Waals surface area (Å²) < 4.78 is 0. The van der Waals surface area contributed by atoms with Gasteiger partial charge in [0.25, 0.3) is 0 Å². The van der Waals surface area contributed by atoms with E-state index in [-0.39, 0.29) is 0 Å². The third kappa shape index (κ3) is 7.43. The van der Waals surface area contributed by atoms with Crippen LogP contribution in [-0.2, 0) is 12.8 Å². The summed E-state index contributed by atoms with van der Waals surface area (Å²) >= 11 is 0. The number of imidazole rings is 1. The second kappa shape index (κ2) is 11.9. The van der Waals surface area contributed by atoms with Gasteiger partial charge in [0.05, 0.1) is 11.9 Å². The zero-order valence-electron chi connectivity index (χ0n) is 15.9. The highest BCUT2D eigenvalue weighted by Crippen LogP contribution is 2.19. The van der Waals surface area contributed by atoms with Crippen LogP contribution in [0.5, 0.6) is 0 Å². The summed E-state index contributed by atoms with van der Waals surface area (Å²) in [6.45, 7) is 2.99. The van der Waals surface area contributed by atoms with E-state index >= 15 is 0 Å². The number of aromatic nitrogens is 2. The molecule has 2 aromatic rings. The van der Waals surface area contributed by atoms with Crippen molar-refractivity contribution in [1.29, 1.82) is 0 Å². The summed E-state index contributed by atoms with van der Waals surface area (Å²) in [5.41, 5.74) is 9.31. The van der Waals surface area contributed by atoms with Crippen molar-refractivity contribution >= 4 is 0 Å². The molecule has 0 saturated heterocycles. The van der Waals surface area contributed by atoms with E-state index in [1.807, 2.05) is 6.20 Å². The van der Waals surface area contributed by atoms with Crippen molar-refractivity contribution in [2.24, 2.45) is 5.73 Å². The predicted molar refractivity (Wildman–Crippen MR) is 108 cm³/mol. The summed E-state index contributed by atoms with van der Waals surface area (Å²) in [6.07, 6.45) is 16.1. The van der Waals surface area contributed by atoms with E-state index in [4.69, 9.17) is 5.73 Å². The molecule has 25 heavy (non-hydrogen) atoms. The highest BCUT2D eigenvalue weighted by Gasteiger charge is 2.03. The Bertz CT molecular complexity index is 571. The fourth-order valence-corrected chi connectivity index (χ4v) is 3.22.